The molecule has 0 bridgehead atoms. The Labute approximate surface area is 139 Å². The zero-order chi connectivity index (χ0) is 15.8. The zero-order valence-electron chi connectivity index (χ0n) is 13.8. The first-order valence-electron chi connectivity index (χ1n) is 8.44. The molecule has 0 radical (unpaired) electrons. The SMILES string of the molecule is Cc1ccccc1B1Cc2ccccc2C1c1ccccc1C. The van der Waals surface area contributed by atoms with Gasteiger partial charge in [-0.1, -0.05) is 89.4 Å². The van der Waals surface area contributed by atoms with Gasteiger partial charge in [-0.3, -0.25) is 0 Å². The monoisotopic (exact) mass is 296 g/mol. The molecule has 1 unspecified atom stereocenters. The summed E-state index contributed by atoms with van der Waals surface area (Å²) in [5.41, 5.74) is 8.79. The van der Waals surface area contributed by atoms with Gasteiger partial charge < -0.3 is 0 Å². The van der Waals surface area contributed by atoms with Crippen molar-refractivity contribution in [1.29, 1.82) is 0 Å². The number of rotatable bonds is 2. The zero-order valence-corrected chi connectivity index (χ0v) is 13.8. The summed E-state index contributed by atoms with van der Waals surface area (Å²) in [5, 5.41) is 0. The predicted molar refractivity (Wildman–Crippen MR) is 99.7 cm³/mol. The molecule has 1 aliphatic rings. The van der Waals surface area contributed by atoms with Crippen LogP contribution in [0.2, 0.25) is 0 Å². The third-order valence-corrected chi connectivity index (χ3v) is 5.34. The summed E-state index contributed by atoms with van der Waals surface area (Å²) in [6.45, 7) is 5.02. The summed E-state index contributed by atoms with van der Waals surface area (Å²) >= 11 is 0. The van der Waals surface area contributed by atoms with E-state index < -0.39 is 0 Å². The van der Waals surface area contributed by atoms with Crippen molar-refractivity contribution in [1.82, 2.24) is 0 Å². The van der Waals surface area contributed by atoms with E-state index in [0.717, 1.165) is 6.32 Å². The van der Waals surface area contributed by atoms with Crippen molar-refractivity contribution in [2.45, 2.75) is 26.0 Å². The third-order valence-electron chi connectivity index (χ3n) is 5.34. The van der Waals surface area contributed by atoms with Crippen LogP contribution in [-0.4, -0.2) is 6.71 Å². The largest absolute Gasteiger partial charge is 0.193 e. The molecule has 3 aromatic rings. The van der Waals surface area contributed by atoms with E-state index in [1.807, 2.05) is 0 Å². The van der Waals surface area contributed by atoms with Gasteiger partial charge in [0.25, 0.3) is 0 Å². The Balaban J connectivity index is 1.90. The molecule has 112 valence electrons. The lowest BCUT2D eigenvalue weighted by Crippen LogP contribution is -2.37. The minimum atomic E-state index is 0.466. The first-order valence-corrected chi connectivity index (χ1v) is 8.44. The predicted octanol–water partition coefficient (Wildman–Crippen LogP) is 4.47. The second-order valence-electron chi connectivity index (χ2n) is 6.70. The molecule has 0 spiro atoms. The molecule has 4 rings (SSSR count). The molecule has 23 heavy (non-hydrogen) atoms. The Morgan fingerprint density at radius 3 is 2.04 bits per heavy atom. The van der Waals surface area contributed by atoms with Gasteiger partial charge in [-0.15, -0.1) is 0 Å². The van der Waals surface area contributed by atoms with Gasteiger partial charge in [-0.2, -0.15) is 0 Å². The van der Waals surface area contributed by atoms with Crippen molar-refractivity contribution >= 4 is 12.2 Å². The fourth-order valence-corrected chi connectivity index (χ4v) is 4.21. The van der Waals surface area contributed by atoms with Crippen molar-refractivity contribution in [2.75, 3.05) is 0 Å². The highest BCUT2D eigenvalue weighted by molar-refractivity contribution is 6.76. The summed E-state index contributed by atoms with van der Waals surface area (Å²) in [6.07, 6.45) is 1.14. The molecular formula is C22H21B. The summed E-state index contributed by atoms with van der Waals surface area (Å²) < 4.78 is 0. The standard InChI is InChI=1S/C22H21B/c1-16-9-3-6-12-19(16)22-20-13-7-5-11-18(20)15-23(22)21-14-8-4-10-17(21)2/h3-14,22H,15H2,1-2H3. The second kappa shape index (κ2) is 5.74. The van der Waals surface area contributed by atoms with Crippen LogP contribution in [-0.2, 0) is 6.32 Å². The average Bonchev–Trinajstić information content (AvgIpc) is 2.95. The fraction of sp³-hybridized carbons (Fsp3) is 0.182. The minimum absolute atomic E-state index is 0.466. The van der Waals surface area contributed by atoms with Crippen LogP contribution in [0.4, 0.5) is 0 Å². The van der Waals surface area contributed by atoms with Gasteiger partial charge in [-0.05, 0) is 42.7 Å². The van der Waals surface area contributed by atoms with E-state index in [-0.39, 0.29) is 0 Å². The van der Waals surface area contributed by atoms with Gasteiger partial charge >= 0.3 is 0 Å². The molecule has 0 saturated carbocycles. The van der Waals surface area contributed by atoms with Crippen molar-refractivity contribution in [3.8, 4) is 0 Å². The van der Waals surface area contributed by atoms with Gasteiger partial charge in [0.15, 0.2) is 6.71 Å². The summed E-state index contributed by atoms with van der Waals surface area (Å²) in [7, 11) is 0. The minimum Gasteiger partial charge on any atom is -0.0758 e. The Hall–Kier alpha value is -2.28. The van der Waals surface area contributed by atoms with Gasteiger partial charge in [0, 0.05) is 0 Å². The summed E-state index contributed by atoms with van der Waals surface area (Å²) in [5.74, 6) is 0.466. The highest BCUT2D eigenvalue weighted by atomic mass is 14.2. The van der Waals surface area contributed by atoms with Crippen molar-refractivity contribution in [3.05, 3.63) is 101 Å². The van der Waals surface area contributed by atoms with Gasteiger partial charge in [0.05, 0.1) is 0 Å². The van der Waals surface area contributed by atoms with Crippen LogP contribution in [0.5, 0.6) is 0 Å². The Morgan fingerprint density at radius 1 is 0.696 bits per heavy atom. The Morgan fingerprint density at radius 2 is 1.30 bits per heavy atom. The molecule has 1 atom stereocenters. The number of hydrogen-bond donors (Lipinski definition) is 0. The molecule has 0 fully saturated rings. The lowest BCUT2D eigenvalue weighted by atomic mass is 9.35. The van der Waals surface area contributed by atoms with Crippen LogP contribution < -0.4 is 5.46 Å². The van der Waals surface area contributed by atoms with Crippen molar-refractivity contribution < 1.29 is 0 Å². The van der Waals surface area contributed by atoms with E-state index >= 15 is 0 Å². The molecule has 0 aromatic heterocycles. The Bertz CT molecular complexity index is 850. The van der Waals surface area contributed by atoms with Gasteiger partial charge in [0.2, 0.25) is 0 Å². The second-order valence-corrected chi connectivity index (χ2v) is 6.70. The van der Waals surface area contributed by atoms with Crippen molar-refractivity contribution in [3.63, 3.8) is 0 Å². The van der Waals surface area contributed by atoms with E-state index in [1.54, 1.807) is 0 Å². The first-order chi connectivity index (χ1) is 11.3. The molecule has 1 heterocycles. The van der Waals surface area contributed by atoms with Gasteiger partial charge in [-0.25, -0.2) is 0 Å². The molecule has 0 aliphatic carbocycles. The van der Waals surface area contributed by atoms with E-state index in [4.69, 9.17) is 0 Å². The third kappa shape index (κ3) is 2.41. The highest BCUT2D eigenvalue weighted by Gasteiger charge is 2.38. The van der Waals surface area contributed by atoms with E-state index in [0.29, 0.717) is 12.5 Å². The smallest absolute Gasteiger partial charge is 0.0758 e. The summed E-state index contributed by atoms with van der Waals surface area (Å²) in [6, 6.07) is 26.7. The van der Waals surface area contributed by atoms with E-state index in [9.17, 15) is 0 Å². The number of fused-ring (bicyclic) bond motifs is 1. The number of aryl methyl sites for hydroxylation is 2. The van der Waals surface area contributed by atoms with Crippen LogP contribution in [0.15, 0.2) is 72.8 Å². The van der Waals surface area contributed by atoms with E-state index in [1.165, 1.54) is 33.3 Å². The molecule has 0 nitrogen and oxygen atoms in total. The van der Waals surface area contributed by atoms with Gasteiger partial charge in [0.1, 0.15) is 0 Å². The molecule has 3 aromatic carbocycles. The van der Waals surface area contributed by atoms with Crippen LogP contribution in [0.3, 0.4) is 0 Å². The highest BCUT2D eigenvalue weighted by Crippen LogP contribution is 2.38. The molecule has 0 N–H and O–H groups in total. The lowest BCUT2D eigenvalue weighted by Gasteiger charge is -2.22. The molecule has 0 amide bonds. The number of benzene rings is 3. The van der Waals surface area contributed by atoms with Crippen molar-refractivity contribution in [2.24, 2.45) is 0 Å². The van der Waals surface area contributed by atoms with Crippen LogP contribution in [0.1, 0.15) is 33.6 Å². The maximum atomic E-state index is 2.32. The molecule has 1 heteroatoms. The normalized spacial score (nSPS) is 16.4. The van der Waals surface area contributed by atoms with Crippen LogP contribution in [0, 0.1) is 13.8 Å². The quantitative estimate of drug-likeness (QED) is 0.612. The molecular weight excluding hydrogens is 275 g/mol. The van der Waals surface area contributed by atoms with E-state index in [2.05, 4.69) is 86.6 Å². The maximum absolute atomic E-state index is 2.32. The average molecular weight is 296 g/mol. The fourth-order valence-electron chi connectivity index (χ4n) is 4.21. The lowest BCUT2D eigenvalue weighted by molar-refractivity contribution is 1.10. The Kier molecular flexibility index (Phi) is 3.57. The molecule has 1 aliphatic heterocycles. The topological polar surface area (TPSA) is 0 Å². The first kappa shape index (κ1) is 14.3. The van der Waals surface area contributed by atoms with Crippen LogP contribution in [0.25, 0.3) is 0 Å². The maximum Gasteiger partial charge on any atom is 0.193 e. The van der Waals surface area contributed by atoms with Crippen LogP contribution >= 0.6 is 0 Å². The summed E-state index contributed by atoms with van der Waals surface area (Å²) in [4.78, 5) is 0. The number of hydrogen-bond acceptors (Lipinski definition) is 0. The molecule has 0 saturated heterocycles.